The van der Waals surface area contributed by atoms with Gasteiger partial charge in [-0.25, -0.2) is 0 Å². The molecule has 0 bridgehead atoms. The summed E-state index contributed by atoms with van der Waals surface area (Å²) in [5.74, 6) is 6.67. The van der Waals surface area contributed by atoms with Crippen LogP contribution in [0.15, 0.2) is 47.7 Å². The Kier molecular flexibility index (Phi) is 4.07. The second kappa shape index (κ2) is 6.25. The highest BCUT2D eigenvalue weighted by Gasteiger charge is 2.49. The van der Waals surface area contributed by atoms with Gasteiger partial charge in [0.1, 0.15) is 5.60 Å². The van der Waals surface area contributed by atoms with Crippen LogP contribution < -0.4 is 11.2 Å². The van der Waals surface area contributed by atoms with E-state index in [2.05, 4.69) is 42.1 Å². The van der Waals surface area contributed by atoms with Crippen LogP contribution in [0.3, 0.4) is 0 Å². The number of piperidine rings is 1. The van der Waals surface area contributed by atoms with E-state index >= 15 is 0 Å². The number of nitrogens with zero attached hydrogens (tertiary/aromatic N) is 1. The Labute approximate surface area is 149 Å². The molecule has 4 rings (SSSR count). The van der Waals surface area contributed by atoms with E-state index in [9.17, 15) is 0 Å². The number of nitrogen functional groups attached to an aromatic ring is 1. The molecule has 0 aromatic heterocycles. The molecule has 1 saturated heterocycles. The molecule has 3 N–H and O–H groups in total. The number of nitrogens with two attached hydrogens (primary N) is 1. The molecule has 3 atom stereocenters. The monoisotopic (exact) mass is 335 g/mol. The zero-order chi connectivity index (χ0) is 17.4. The lowest BCUT2D eigenvalue weighted by atomic mass is 9.81. The van der Waals surface area contributed by atoms with E-state index in [0.29, 0.717) is 12.1 Å². The lowest BCUT2D eigenvalue weighted by molar-refractivity contribution is -0.0947. The summed E-state index contributed by atoms with van der Waals surface area (Å²) in [5.41, 5.74) is 12.4. The van der Waals surface area contributed by atoms with Gasteiger partial charge in [-0.15, -0.1) is 0 Å². The van der Waals surface area contributed by atoms with Gasteiger partial charge >= 0.3 is 0 Å². The first-order valence-corrected chi connectivity index (χ1v) is 9.07. The Morgan fingerprint density at radius 3 is 2.84 bits per heavy atom. The van der Waals surface area contributed by atoms with Crippen molar-refractivity contribution in [3.05, 3.63) is 53.3 Å². The second-order valence-electron chi connectivity index (χ2n) is 7.33. The maximum Gasteiger partial charge on any atom is 0.136 e. The summed E-state index contributed by atoms with van der Waals surface area (Å²) in [6, 6.07) is 8.43. The molecule has 4 heteroatoms. The van der Waals surface area contributed by atoms with Gasteiger partial charge < -0.3 is 5.73 Å². The highest BCUT2D eigenvalue weighted by Crippen LogP contribution is 2.42. The van der Waals surface area contributed by atoms with Crippen molar-refractivity contribution >= 4 is 5.69 Å². The maximum atomic E-state index is 6.03. The summed E-state index contributed by atoms with van der Waals surface area (Å²) >= 11 is 0. The molecule has 0 amide bonds. The first-order chi connectivity index (χ1) is 12.1. The van der Waals surface area contributed by atoms with E-state index in [1.807, 2.05) is 30.5 Å². The first kappa shape index (κ1) is 16.3. The van der Waals surface area contributed by atoms with Crippen LogP contribution in [0.25, 0.3) is 0 Å². The third-order valence-electron chi connectivity index (χ3n) is 5.66. The van der Waals surface area contributed by atoms with Crippen molar-refractivity contribution in [2.75, 3.05) is 12.3 Å². The molecule has 1 aromatic carbocycles. The van der Waals surface area contributed by atoms with Crippen LogP contribution in [0.2, 0.25) is 0 Å². The molecule has 3 aliphatic rings. The van der Waals surface area contributed by atoms with E-state index in [1.54, 1.807) is 0 Å². The van der Waals surface area contributed by atoms with Crippen molar-refractivity contribution in [3.63, 3.8) is 0 Å². The van der Waals surface area contributed by atoms with Gasteiger partial charge in [0.2, 0.25) is 0 Å². The van der Waals surface area contributed by atoms with Crippen molar-refractivity contribution < 1.29 is 4.84 Å². The van der Waals surface area contributed by atoms with Crippen LogP contribution in [-0.2, 0) is 4.84 Å². The number of hydrogen-bond donors (Lipinski definition) is 2. The Morgan fingerprint density at radius 1 is 1.24 bits per heavy atom. The normalized spacial score (nSPS) is 31.4. The van der Waals surface area contributed by atoms with E-state index < -0.39 is 0 Å². The quantitative estimate of drug-likeness (QED) is 0.565. The van der Waals surface area contributed by atoms with Crippen LogP contribution in [0.4, 0.5) is 5.69 Å². The van der Waals surface area contributed by atoms with Crippen molar-refractivity contribution in [3.8, 4) is 11.8 Å². The van der Waals surface area contributed by atoms with E-state index in [-0.39, 0.29) is 5.60 Å². The lowest BCUT2D eigenvalue weighted by Gasteiger charge is -2.44. The standard InChI is InChI=1S/C21H25N3O/c1-15-13-17(9-6-16-7-10-18(22)11-8-16)19-14-23-25-21(19,2)20-5-3-4-12-24(15)20/h7-8,10-11,13-15,20,23H,3-5,12,22H2,1-2H3/t15-,20?,21-/m0/s1. The highest BCUT2D eigenvalue weighted by atomic mass is 16.7. The minimum absolute atomic E-state index is 0.354. The molecule has 3 aliphatic heterocycles. The third-order valence-corrected chi connectivity index (χ3v) is 5.66. The van der Waals surface area contributed by atoms with Crippen LogP contribution in [0.1, 0.15) is 38.7 Å². The number of fused-ring (bicyclic) bond motifs is 3. The minimum atomic E-state index is -0.354. The molecule has 25 heavy (non-hydrogen) atoms. The largest absolute Gasteiger partial charge is 0.399 e. The fraction of sp³-hybridized carbons (Fsp3) is 0.429. The number of nitrogens with one attached hydrogen (secondary N) is 1. The molecule has 1 fully saturated rings. The Bertz CT molecular complexity index is 784. The zero-order valence-corrected chi connectivity index (χ0v) is 14.9. The third kappa shape index (κ3) is 2.84. The highest BCUT2D eigenvalue weighted by molar-refractivity contribution is 5.56. The summed E-state index contributed by atoms with van der Waals surface area (Å²) in [6.45, 7) is 5.58. The van der Waals surface area contributed by atoms with Gasteiger partial charge in [-0.05, 0) is 57.5 Å². The molecule has 4 nitrogen and oxygen atoms in total. The molecule has 0 radical (unpaired) electrons. The lowest BCUT2D eigenvalue weighted by Crippen LogP contribution is -2.56. The number of hydrogen-bond acceptors (Lipinski definition) is 4. The molecular formula is C21H25N3O. The molecule has 1 unspecified atom stereocenters. The molecule has 0 saturated carbocycles. The van der Waals surface area contributed by atoms with Gasteiger partial charge in [0.15, 0.2) is 0 Å². The molecular weight excluding hydrogens is 310 g/mol. The average Bonchev–Trinajstić information content (AvgIpc) is 2.99. The van der Waals surface area contributed by atoms with E-state index in [0.717, 1.165) is 35.4 Å². The maximum absolute atomic E-state index is 6.03. The smallest absolute Gasteiger partial charge is 0.136 e. The van der Waals surface area contributed by atoms with Crippen LogP contribution in [0.5, 0.6) is 0 Å². The van der Waals surface area contributed by atoms with Gasteiger partial charge in [-0.1, -0.05) is 24.3 Å². The first-order valence-electron chi connectivity index (χ1n) is 9.07. The predicted octanol–water partition coefficient (Wildman–Crippen LogP) is 2.98. The summed E-state index contributed by atoms with van der Waals surface area (Å²) < 4.78 is 0. The fourth-order valence-corrected chi connectivity index (χ4v) is 4.28. The predicted molar refractivity (Wildman–Crippen MR) is 100 cm³/mol. The van der Waals surface area contributed by atoms with Gasteiger partial charge in [-0.2, -0.15) is 0 Å². The van der Waals surface area contributed by atoms with Gasteiger partial charge in [0.05, 0.1) is 0 Å². The SMILES string of the molecule is C[C@H]1C=C(C#Cc2ccc(N)cc2)C2=CNO[C@]2(C)C2CCCCN21. The molecule has 0 spiro atoms. The van der Waals surface area contributed by atoms with Crippen LogP contribution in [-0.4, -0.2) is 29.1 Å². The van der Waals surface area contributed by atoms with E-state index in [4.69, 9.17) is 10.6 Å². The van der Waals surface area contributed by atoms with E-state index in [1.165, 1.54) is 12.8 Å². The summed E-state index contributed by atoms with van der Waals surface area (Å²) in [7, 11) is 0. The average molecular weight is 335 g/mol. The topological polar surface area (TPSA) is 50.5 Å². The Hall–Kier alpha value is -2.22. The second-order valence-corrected chi connectivity index (χ2v) is 7.33. The number of hydroxylamine groups is 1. The number of benzene rings is 1. The minimum Gasteiger partial charge on any atom is -0.399 e. The fourth-order valence-electron chi connectivity index (χ4n) is 4.28. The molecule has 130 valence electrons. The van der Waals surface area contributed by atoms with Crippen molar-refractivity contribution in [1.29, 1.82) is 0 Å². The summed E-state index contributed by atoms with van der Waals surface area (Å²) in [4.78, 5) is 8.60. The van der Waals surface area contributed by atoms with Crippen LogP contribution in [0, 0.1) is 11.8 Å². The number of rotatable bonds is 0. The summed E-state index contributed by atoms with van der Waals surface area (Å²) in [6.07, 6.45) is 7.94. The van der Waals surface area contributed by atoms with Gasteiger partial charge in [-0.3, -0.25) is 15.2 Å². The van der Waals surface area contributed by atoms with Crippen molar-refractivity contribution in [2.45, 2.75) is 50.8 Å². The van der Waals surface area contributed by atoms with Gasteiger partial charge in [0, 0.05) is 40.7 Å². The molecule has 3 heterocycles. The van der Waals surface area contributed by atoms with Gasteiger partial charge in [0.25, 0.3) is 0 Å². The van der Waals surface area contributed by atoms with Crippen molar-refractivity contribution in [1.82, 2.24) is 10.4 Å². The molecule has 0 aliphatic carbocycles. The Balaban J connectivity index is 1.73. The number of anilines is 1. The summed E-state index contributed by atoms with van der Waals surface area (Å²) in [5, 5.41) is 0. The molecule has 1 aromatic rings. The van der Waals surface area contributed by atoms with Crippen molar-refractivity contribution in [2.24, 2.45) is 0 Å². The Morgan fingerprint density at radius 2 is 2.04 bits per heavy atom. The van der Waals surface area contributed by atoms with Crippen LogP contribution >= 0.6 is 0 Å². The zero-order valence-electron chi connectivity index (χ0n) is 14.9.